The van der Waals surface area contributed by atoms with Gasteiger partial charge in [0.05, 0.1) is 12.1 Å². The average molecular weight is 222 g/mol. The lowest BCUT2D eigenvalue weighted by atomic mass is 10.1. The maximum atomic E-state index is 5.63. The molecule has 0 aliphatic carbocycles. The van der Waals surface area contributed by atoms with Gasteiger partial charge in [-0.2, -0.15) is 0 Å². The molecule has 0 fully saturated rings. The Bertz CT molecular complexity index is 476. The summed E-state index contributed by atoms with van der Waals surface area (Å²) in [5, 5.41) is 0. The minimum Gasteiger partial charge on any atom is -0.439 e. The van der Waals surface area contributed by atoms with E-state index < -0.39 is 0 Å². The van der Waals surface area contributed by atoms with Gasteiger partial charge in [-0.1, -0.05) is 12.1 Å². The fourth-order valence-electron chi connectivity index (χ4n) is 1.40. The third-order valence-electron chi connectivity index (χ3n) is 2.46. The number of halogens is 1. The molecule has 0 bridgehead atoms. The number of aryl methyl sites for hydroxylation is 2. The van der Waals surface area contributed by atoms with Crippen molar-refractivity contribution >= 4 is 11.6 Å². The largest absolute Gasteiger partial charge is 0.439 e. The fraction of sp³-hybridized carbons (Fsp3) is 0.250. The van der Waals surface area contributed by atoms with Gasteiger partial charge < -0.3 is 4.42 Å². The highest BCUT2D eigenvalue weighted by molar-refractivity contribution is 6.16. The summed E-state index contributed by atoms with van der Waals surface area (Å²) in [6, 6.07) is 6.20. The summed E-state index contributed by atoms with van der Waals surface area (Å²) < 4.78 is 5.47. The van der Waals surface area contributed by atoms with Crippen molar-refractivity contribution in [1.29, 1.82) is 0 Å². The van der Waals surface area contributed by atoms with Gasteiger partial charge in [-0.25, -0.2) is 4.98 Å². The molecule has 0 unspecified atom stereocenters. The Balaban J connectivity index is 2.40. The standard InChI is InChI=1S/C12H12ClNO/c1-8-3-4-10(5-9(8)2)11-7-14-12(6-13)15-11/h3-5,7H,6H2,1-2H3. The second kappa shape index (κ2) is 4.07. The van der Waals surface area contributed by atoms with E-state index in [1.807, 2.05) is 6.07 Å². The molecule has 3 heteroatoms. The van der Waals surface area contributed by atoms with Gasteiger partial charge in [0.15, 0.2) is 5.76 Å². The number of hydrogen-bond acceptors (Lipinski definition) is 2. The van der Waals surface area contributed by atoms with Gasteiger partial charge in [0, 0.05) is 5.56 Å². The molecule has 0 amide bonds. The molecule has 78 valence electrons. The van der Waals surface area contributed by atoms with Crippen molar-refractivity contribution in [3.8, 4) is 11.3 Å². The van der Waals surface area contributed by atoms with E-state index in [4.69, 9.17) is 16.0 Å². The number of aromatic nitrogens is 1. The highest BCUT2D eigenvalue weighted by atomic mass is 35.5. The Hall–Kier alpha value is -1.28. The first-order valence-corrected chi connectivity index (χ1v) is 5.32. The Morgan fingerprint density at radius 2 is 2.07 bits per heavy atom. The van der Waals surface area contributed by atoms with Crippen molar-refractivity contribution < 1.29 is 4.42 Å². The van der Waals surface area contributed by atoms with Crippen molar-refractivity contribution in [3.05, 3.63) is 41.4 Å². The summed E-state index contributed by atoms with van der Waals surface area (Å²) in [4.78, 5) is 4.06. The third-order valence-corrected chi connectivity index (χ3v) is 2.69. The number of alkyl halides is 1. The molecule has 2 rings (SSSR count). The second-order valence-electron chi connectivity index (χ2n) is 3.55. The molecule has 15 heavy (non-hydrogen) atoms. The quantitative estimate of drug-likeness (QED) is 0.723. The van der Waals surface area contributed by atoms with Crippen LogP contribution in [0.25, 0.3) is 11.3 Å². The molecule has 2 nitrogen and oxygen atoms in total. The predicted octanol–water partition coefficient (Wildman–Crippen LogP) is 3.70. The molecule has 0 N–H and O–H groups in total. The maximum absolute atomic E-state index is 5.63. The molecule has 0 saturated heterocycles. The number of benzene rings is 1. The molecule has 0 aliphatic rings. The van der Waals surface area contributed by atoms with Gasteiger partial charge in [0.1, 0.15) is 0 Å². The first-order valence-electron chi connectivity index (χ1n) is 4.79. The Kier molecular flexibility index (Phi) is 2.78. The molecule has 0 aliphatic heterocycles. The molecule has 0 spiro atoms. The predicted molar refractivity (Wildman–Crippen MR) is 61.0 cm³/mol. The van der Waals surface area contributed by atoms with Crippen LogP contribution in [0.1, 0.15) is 17.0 Å². The first-order chi connectivity index (χ1) is 7.20. The molecule has 0 atom stereocenters. The molecule has 0 radical (unpaired) electrons. The SMILES string of the molecule is Cc1ccc(-c2cnc(CCl)o2)cc1C. The normalized spacial score (nSPS) is 10.6. The molecule has 2 aromatic rings. The van der Waals surface area contributed by atoms with E-state index >= 15 is 0 Å². The van der Waals surface area contributed by atoms with Crippen LogP contribution in [0.2, 0.25) is 0 Å². The smallest absolute Gasteiger partial charge is 0.209 e. The molecule has 1 aromatic heterocycles. The van der Waals surface area contributed by atoms with Crippen LogP contribution in [0.5, 0.6) is 0 Å². The summed E-state index contributed by atoms with van der Waals surface area (Å²) in [5.74, 6) is 1.64. The van der Waals surface area contributed by atoms with Gasteiger partial charge in [-0.15, -0.1) is 11.6 Å². The van der Waals surface area contributed by atoms with Crippen molar-refractivity contribution in [1.82, 2.24) is 4.98 Å². The van der Waals surface area contributed by atoms with Gasteiger partial charge in [-0.05, 0) is 31.0 Å². The number of nitrogens with zero attached hydrogens (tertiary/aromatic N) is 1. The zero-order valence-corrected chi connectivity index (χ0v) is 9.51. The van der Waals surface area contributed by atoms with Crippen LogP contribution in [0.15, 0.2) is 28.8 Å². The highest BCUT2D eigenvalue weighted by Gasteiger charge is 2.06. The third kappa shape index (κ3) is 2.05. The zero-order chi connectivity index (χ0) is 10.8. The molecule has 1 aromatic carbocycles. The molecular formula is C12H12ClNO. The summed E-state index contributed by atoms with van der Waals surface area (Å²) in [6.07, 6.45) is 1.71. The van der Waals surface area contributed by atoms with Gasteiger partial charge in [0.25, 0.3) is 0 Å². The Morgan fingerprint density at radius 1 is 1.27 bits per heavy atom. The van der Waals surface area contributed by atoms with Gasteiger partial charge in [0.2, 0.25) is 5.89 Å². The zero-order valence-electron chi connectivity index (χ0n) is 8.75. The average Bonchev–Trinajstić information content (AvgIpc) is 2.70. The Labute approximate surface area is 93.9 Å². The Morgan fingerprint density at radius 3 is 2.67 bits per heavy atom. The van der Waals surface area contributed by atoms with E-state index in [1.54, 1.807) is 6.20 Å². The fourth-order valence-corrected chi connectivity index (χ4v) is 1.52. The maximum Gasteiger partial charge on any atom is 0.209 e. The lowest BCUT2D eigenvalue weighted by Crippen LogP contribution is -1.81. The lowest BCUT2D eigenvalue weighted by Gasteiger charge is -2.01. The van der Waals surface area contributed by atoms with Crippen molar-refractivity contribution in [2.45, 2.75) is 19.7 Å². The number of oxazole rings is 1. The van der Waals surface area contributed by atoms with Crippen molar-refractivity contribution in [2.75, 3.05) is 0 Å². The summed E-state index contributed by atoms with van der Waals surface area (Å²) in [7, 11) is 0. The van der Waals surface area contributed by atoms with Gasteiger partial charge >= 0.3 is 0 Å². The van der Waals surface area contributed by atoms with Crippen LogP contribution in [0.3, 0.4) is 0 Å². The van der Waals surface area contributed by atoms with Crippen molar-refractivity contribution in [3.63, 3.8) is 0 Å². The van der Waals surface area contributed by atoms with E-state index in [0.29, 0.717) is 11.8 Å². The van der Waals surface area contributed by atoms with E-state index in [1.165, 1.54) is 11.1 Å². The van der Waals surface area contributed by atoms with Crippen LogP contribution < -0.4 is 0 Å². The highest BCUT2D eigenvalue weighted by Crippen LogP contribution is 2.23. The van der Waals surface area contributed by atoms with E-state index in [-0.39, 0.29) is 0 Å². The lowest BCUT2D eigenvalue weighted by molar-refractivity contribution is 0.528. The summed E-state index contributed by atoms with van der Waals surface area (Å²) in [6.45, 7) is 4.17. The van der Waals surface area contributed by atoms with E-state index in [9.17, 15) is 0 Å². The monoisotopic (exact) mass is 221 g/mol. The van der Waals surface area contributed by atoms with Crippen LogP contribution in [-0.2, 0) is 5.88 Å². The minimum absolute atomic E-state index is 0.310. The van der Waals surface area contributed by atoms with Crippen LogP contribution in [0.4, 0.5) is 0 Å². The molecular weight excluding hydrogens is 210 g/mol. The van der Waals surface area contributed by atoms with Crippen LogP contribution in [0, 0.1) is 13.8 Å². The van der Waals surface area contributed by atoms with Crippen LogP contribution >= 0.6 is 11.6 Å². The van der Waals surface area contributed by atoms with E-state index in [2.05, 4.69) is 31.0 Å². The summed E-state index contributed by atoms with van der Waals surface area (Å²) in [5.41, 5.74) is 3.56. The van der Waals surface area contributed by atoms with Gasteiger partial charge in [-0.3, -0.25) is 0 Å². The first kappa shape index (κ1) is 10.2. The van der Waals surface area contributed by atoms with E-state index in [0.717, 1.165) is 11.3 Å². The van der Waals surface area contributed by atoms with Crippen LogP contribution in [-0.4, -0.2) is 4.98 Å². The second-order valence-corrected chi connectivity index (χ2v) is 3.82. The summed E-state index contributed by atoms with van der Waals surface area (Å²) >= 11 is 5.63. The topological polar surface area (TPSA) is 26.0 Å². The molecule has 1 heterocycles. The number of hydrogen-bond donors (Lipinski definition) is 0. The number of rotatable bonds is 2. The van der Waals surface area contributed by atoms with Crippen molar-refractivity contribution in [2.24, 2.45) is 0 Å². The molecule has 0 saturated carbocycles. The minimum atomic E-state index is 0.310.